The molecule has 1 amide bonds. The van der Waals surface area contributed by atoms with Crippen molar-refractivity contribution in [1.82, 2.24) is 4.90 Å². The molecule has 0 saturated carbocycles. The second-order valence-electron chi connectivity index (χ2n) is 5.91. The van der Waals surface area contributed by atoms with E-state index in [-0.39, 0.29) is 11.7 Å². The smallest absolute Gasteiger partial charge is 0.266 e. The molecule has 0 atom stereocenters. The first-order valence-electron chi connectivity index (χ1n) is 8.95. The quantitative estimate of drug-likeness (QED) is 0.729. The van der Waals surface area contributed by atoms with Crippen LogP contribution in [-0.4, -0.2) is 41.3 Å². The third-order valence-corrected chi connectivity index (χ3v) is 5.08. The third kappa shape index (κ3) is 4.31. The highest BCUT2D eigenvalue weighted by molar-refractivity contribution is 8.18. The highest BCUT2D eigenvalue weighted by Gasteiger charge is 2.32. The number of hydrogen-bond acceptors (Lipinski definition) is 6. The summed E-state index contributed by atoms with van der Waals surface area (Å²) in [6, 6.07) is 12.4. The average Bonchev–Trinajstić information content (AvgIpc) is 2.99. The Morgan fingerprint density at radius 1 is 1.18 bits per heavy atom. The highest BCUT2D eigenvalue weighted by atomic mass is 32.2. The molecule has 28 heavy (non-hydrogen) atoms. The number of phenols is 1. The van der Waals surface area contributed by atoms with Gasteiger partial charge in [-0.1, -0.05) is 6.07 Å². The fourth-order valence-corrected chi connectivity index (χ4v) is 3.76. The molecule has 3 rings (SSSR count). The number of thioether (sulfide) groups is 1. The lowest BCUT2D eigenvalue weighted by Crippen LogP contribution is -2.28. The summed E-state index contributed by atoms with van der Waals surface area (Å²) >= 11 is 1.33. The molecule has 1 heterocycles. The van der Waals surface area contributed by atoms with Gasteiger partial charge in [0.1, 0.15) is 5.75 Å². The maximum absolute atomic E-state index is 12.8. The summed E-state index contributed by atoms with van der Waals surface area (Å²) < 4.78 is 10.6. The minimum absolute atomic E-state index is 0.0583. The number of benzene rings is 2. The predicted molar refractivity (Wildman–Crippen MR) is 112 cm³/mol. The van der Waals surface area contributed by atoms with Crippen molar-refractivity contribution in [2.45, 2.75) is 13.8 Å². The molecule has 1 N–H and O–H groups in total. The number of rotatable bonds is 6. The van der Waals surface area contributed by atoms with E-state index < -0.39 is 0 Å². The van der Waals surface area contributed by atoms with Gasteiger partial charge in [0.05, 0.1) is 24.3 Å². The number of amidine groups is 1. The number of ether oxygens (including phenoxy) is 2. The Morgan fingerprint density at radius 3 is 2.57 bits per heavy atom. The fourth-order valence-electron chi connectivity index (χ4n) is 2.70. The van der Waals surface area contributed by atoms with Crippen molar-refractivity contribution in [2.24, 2.45) is 4.99 Å². The molecule has 1 fully saturated rings. The summed E-state index contributed by atoms with van der Waals surface area (Å²) in [7, 11) is 1.49. The zero-order chi connectivity index (χ0) is 20.1. The third-order valence-electron chi connectivity index (χ3n) is 4.08. The van der Waals surface area contributed by atoms with Crippen LogP contribution in [0, 0.1) is 0 Å². The number of hydrogen-bond donors (Lipinski definition) is 1. The summed E-state index contributed by atoms with van der Waals surface area (Å²) in [5, 5.41) is 10.4. The molecule has 7 heteroatoms. The normalized spacial score (nSPS) is 16.8. The van der Waals surface area contributed by atoms with Crippen molar-refractivity contribution in [3.05, 3.63) is 52.9 Å². The van der Waals surface area contributed by atoms with Gasteiger partial charge < -0.3 is 14.6 Å². The summed E-state index contributed by atoms with van der Waals surface area (Å²) in [4.78, 5) is 19.6. The average molecular weight is 398 g/mol. The minimum Gasteiger partial charge on any atom is -0.504 e. The molecule has 6 nitrogen and oxygen atoms in total. The molecule has 0 radical (unpaired) electrons. The fraction of sp³-hybridized carbons (Fsp3) is 0.238. The predicted octanol–water partition coefficient (Wildman–Crippen LogP) is 4.42. The maximum atomic E-state index is 12.8. The zero-order valence-electron chi connectivity index (χ0n) is 16.0. The molecule has 0 bridgehead atoms. The molecule has 2 aromatic carbocycles. The van der Waals surface area contributed by atoms with Gasteiger partial charge in [0, 0.05) is 6.54 Å². The van der Waals surface area contributed by atoms with E-state index in [9.17, 15) is 9.90 Å². The second kappa shape index (κ2) is 8.84. The van der Waals surface area contributed by atoms with Gasteiger partial charge in [0.25, 0.3) is 5.91 Å². The Morgan fingerprint density at radius 2 is 1.93 bits per heavy atom. The van der Waals surface area contributed by atoms with Crippen LogP contribution in [0.1, 0.15) is 19.4 Å². The Kier molecular flexibility index (Phi) is 6.26. The number of amides is 1. The topological polar surface area (TPSA) is 71.4 Å². The summed E-state index contributed by atoms with van der Waals surface area (Å²) in [6.45, 7) is 4.99. The van der Waals surface area contributed by atoms with Crippen molar-refractivity contribution in [3.8, 4) is 17.2 Å². The number of carbonyl (C=O) groups is 1. The number of carbonyl (C=O) groups excluding carboxylic acids is 1. The first-order valence-corrected chi connectivity index (χ1v) is 9.77. The van der Waals surface area contributed by atoms with Gasteiger partial charge in [0.15, 0.2) is 16.7 Å². The number of likely N-dealkylation sites (N-methyl/N-ethyl adjacent to an activating group) is 1. The molecule has 0 unspecified atom stereocenters. The SMILES string of the molecule is CCOc1ccc(N=C2S/C(=C\c3ccc(O)c(OC)c3)C(=O)N2CC)cc1. The van der Waals surface area contributed by atoms with Gasteiger partial charge in [-0.05, 0) is 73.6 Å². The summed E-state index contributed by atoms with van der Waals surface area (Å²) in [5.74, 6) is 1.11. The minimum atomic E-state index is -0.0933. The molecule has 0 aromatic heterocycles. The van der Waals surface area contributed by atoms with E-state index in [0.29, 0.717) is 29.0 Å². The van der Waals surface area contributed by atoms with Crippen LogP contribution in [0.4, 0.5) is 5.69 Å². The lowest BCUT2D eigenvalue weighted by Gasteiger charge is -2.12. The molecule has 1 saturated heterocycles. The van der Waals surface area contributed by atoms with Gasteiger partial charge in [0.2, 0.25) is 0 Å². The first-order chi connectivity index (χ1) is 13.5. The van der Waals surface area contributed by atoms with Gasteiger partial charge >= 0.3 is 0 Å². The lowest BCUT2D eigenvalue weighted by molar-refractivity contribution is -0.122. The standard InChI is InChI=1S/C21H22N2O4S/c1-4-23-20(25)19(13-14-6-11-17(24)18(12-14)26-3)28-21(23)22-15-7-9-16(10-8-15)27-5-2/h6-13,24H,4-5H2,1-3H3/b19-13-,22-21?. The van der Waals surface area contributed by atoms with Gasteiger partial charge in [-0.2, -0.15) is 0 Å². The van der Waals surface area contributed by atoms with E-state index in [0.717, 1.165) is 17.0 Å². The Labute approximate surface area is 168 Å². The number of methoxy groups -OCH3 is 1. The molecular formula is C21H22N2O4S. The van der Waals surface area contributed by atoms with Crippen LogP contribution in [0.5, 0.6) is 17.2 Å². The first kappa shape index (κ1) is 19.8. The van der Waals surface area contributed by atoms with Crippen LogP contribution in [-0.2, 0) is 4.79 Å². The number of phenolic OH excluding ortho intramolecular Hbond substituents is 1. The molecule has 1 aliphatic heterocycles. The monoisotopic (exact) mass is 398 g/mol. The number of aliphatic imine (C=N–C) groups is 1. The van der Waals surface area contributed by atoms with E-state index in [1.807, 2.05) is 38.1 Å². The number of aromatic hydroxyl groups is 1. The zero-order valence-corrected chi connectivity index (χ0v) is 16.8. The maximum Gasteiger partial charge on any atom is 0.266 e. The molecule has 0 spiro atoms. The van der Waals surface area contributed by atoms with E-state index >= 15 is 0 Å². The Hall–Kier alpha value is -2.93. The number of nitrogens with zero attached hydrogens (tertiary/aromatic N) is 2. The summed E-state index contributed by atoms with van der Waals surface area (Å²) in [6.07, 6.45) is 1.78. The van der Waals surface area contributed by atoms with Crippen LogP contribution in [0.2, 0.25) is 0 Å². The van der Waals surface area contributed by atoms with E-state index in [1.54, 1.807) is 29.2 Å². The van der Waals surface area contributed by atoms with Crippen LogP contribution in [0.25, 0.3) is 6.08 Å². The van der Waals surface area contributed by atoms with E-state index in [4.69, 9.17) is 9.47 Å². The van der Waals surface area contributed by atoms with Crippen LogP contribution in [0.3, 0.4) is 0 Å². The Bertz CT molecular complexity index is 923. The molecule has 2 aromatic rings. The van der Waals surface area contributed by atoms with Gasteiger partial charge in [-0.15, -0.1) is 0 Å². The van der Waals surface area contributed by atoms with E-state index in [2.05, 4.69) is 4.99 Å². The van der Waals surface area contributed by atoms with Crippen molar-refractivity contribution in [3.63, 3.8) is 0 Å². The second-order valence-corrected chi connectivity index (χ2v) is 6.92. The van der Waals surface area contributed by atoms with Gasteiger partial charge in [-0.25, -0.2) is 4.99 Å². The van der Waals surface area contributed by atoms with Crippen LogP contribution < -0.4 is 9.47 Å². The molecule has 0 aliphatic carbocycles. The van der Waals surface area contributed by atoms with Crippen LogP contribution >= 0.6 is 11.8 Å². The summed E-state index contributed by atoms with van der Waals surface area (Å²) in [5.41, 5.74) is 1.52. The lowest BCUT2D eigenvalue weighted by atomic mass is 10.2. The van der Waals surface area contributed by atoms with Crippen molar-refractivity contribution in [1.29, 1.82) is 0 Å². The van der Waals surface area contributed by atoms with Crippen molar-refractivity contribution < 1.29 is 19.4 Å². The van der Waals surface area contributed by atoms with Crippen molar-refractivity contribution >= 4 is 34.6 Å². The largest absolute Gasteiger partial charge is 0.504 e. The Balaban J connectivity index is 1.87. The van der Waals surface area contributed by atoms with E-state index in [1.165, 1.54) is 18.9 Å². The highest BCUT2D eigenvalue weighted by Crippen LogP contribution is 2.35. The molecule has 1 aliphatic rings. The molecular weight excluding hydrogens is 376 g/mol. The molecule has 146 valence electrons. The van der Waals surface area contributed by atoms with Crippen LogP contribution in [0.15, 0.2) is 52.4 Å². The van der Waals surface area contributed by atoms with Crippen molar-refractivity contribution in [2.75, 3.05) is 20.3 Å². The van der Waals surface area contributed by atoms with Gasteiger partial charge in [-0.3, -0.25) is 9.69 Å².